The Labute approximate surface area is 113 Å². The van der Waals surface area contributed by atoms with Crippen LogP contribution in [0.3, 0.4) is 0 Å². The normalized spacial score (nSPS) is 23.4. The molecular weight excluding hydrogens is 250 g/mol. The molecule has 1 aromatic rings. The topological polar surface area (TPSA) is 41.5 Å². The third-order valence-electron chi connectivity index (χ3n) is 3.50. The molecule has 0 amide bonds. The fraction of sp³-hybridized carbons (Fsp3) is 0.571. The molecule has 3 nitrogen and oxygen atoms in total. The zero-order valence-corrected chi connectivity index (χ0v) is 11.4. The van der Waals surface area contributed by atoms with E-state index in [2.05, 4.69) is 12.2 Å². The van der Waals surface area contributed by atoms with Gasteiger partial charge in [-0.1, -0.05) is 24.6 Å². The highest BCUT2D eigenvalue weighted by atomic mass is 35.5. The van der Waals surface area contributed by atoms with Gasteiger partial charge < -0.3 is 15.2 Å². The highest BCUT2D eigenvalue weighted by Crippen LogP contribution is 2.24. The molecule has 0 saturated carbocycles. The first-order chi connectivity index (χ1) is 8.70. The van der Waals surface area contributed by atoms with Crippen LogP contribution in [-0.2, 0) is 11.3 Å². The van der Waals surface area contributed by atoms with Crippen LogP contribution in [-0.4, -0.2) is 24.4 Å². The van der Waals surface area contributed by atoms with Crippen molar-refractivity contribution in [2.24, 2.45) is 5.92 Å². The SMILES string of the molecule is CCC1OCCC1CNCc1ccc(O)c(Cl)c1. The van der Waals surface area contributed by atoms with Crippen LogP contribution in [0.4, 0.5) is 0 Å². The van der Waals surface area contributed by atoms with Gasteiger partial charge in [0.1, 0.15) is 5.75 Å². The molecule has 100 valence electrons. The zero-order valence-electron chi connectivity index (χ0n) is 10.7. The minimum absolute atomic E-state index is 0.135. The second-order valence-electron chi connectivity index (χ2n) is 4.78. The van der Waals surface area contributed by atoms with Crippen LogP contribution in [0, 0.1) is 5.92 Å². The molecule has 0 spiro atoms. The van der Waals surface area contributed by atoms with Crippen molar-refractivity contribution in [2.45, 2.75) is 32.4 Å². The Hall–Kier alpha value is -0.770. The van der Waals surface area contributed by atoms with Crippen molar-refractivity contribution in [1.82, 2.24) is 5.32 Å². The van der Waals surface area contributed by atoms with Gasteiger partial charge in [0.2, 0.25) is 0 Å². The lowest BCUT2D eigenvalue weighted by atomic mass is 9.99. The van der Waals surface area contributed by atoms with Crippen molar-refractivity contribution in [3.8, 4) is 5.75 Å². The van der Waals surface area contributed by atoms with Crippen LogP contribution < -0.4 is 5.32 Å². The van der Waals surface area contributed by atoms with E-state index in [1.165, 1.54) is 0 Å². The number of hydrogen-bond donors (Lipinski definition) is 2. The van der Waals surface area contributed by atoms with Gasteiger partial charge in [0, 0.05) is 19.7 Å². The van der Waals surface area contributed by atoms with Gasteiger partial charge in [0.15, 0.2) is 0 Å². The van der Waals surface area contributed by atoms with E-state index in [4.69, 9.17) is 16.3 Å². The van der Waals surface area contributed by atoms with Crippen molar-refractivity contribution in [2.75, 3.05) is 13.2 Å². The third kappa shape index (κ3) is 3.37. The highest BCUT2D eigenvalue weighted by Gasteiger charge is 2.25. The summed E-state index contributed by atoms with van der Waals surface area (Å²) in [6.45, 7) is 4.79. The number of rotatable bonds is 5. The van der Waals surface area contributed by atoms with Gasteiger partial charge in [0.05, 0.1) is 11.1 Å². The van der Waals surface area contributed by atoms with E-state index in [-0.39, 0.29) is 5.75 Å². The fourth-order valence-corrected chi connectivity index (χ4v) is 2.64. The van der Waals surface area contributed by atoms with Crippen LogP contribution in [0.5, 0.6) is 5.75 Å². The summed E-state index contributed by atoms with van der Waals surface area (Å²) in [5.74, 6) is 0.748. The fourth-order valence-electron chi connectivity index (χ4n) is 2.44. The summed E-state index contributed by atoms with van der Waals surface area (Å²) >= 11 is 5.87. The summed E-state index contributed by atoms with van der Waals surface area (Å²) in [7, 11) is 0. The molecule has 1 aliphatic heterocycles. The maximum Gasteiger partial charge on any atom is 0.134 e. The van der Waals surface area contributed by atoms with Crippen molar-refractivity contribution in [3.05, 3.63) is 28.8 Å². The molecule has 1 aliphatic rings. The maximum atomic E-state index is 9.34. The average molecular weight is 270 g/mol. The lowest BCUT2D eigenvalue weighted by Gasteiger charge is -2.17. The second kappa shape index (κ2) is 6.41. The zero-order chi connectivity index (χ0) is 13.0. The Morgan fingerprint density at radius 1 is 1.50 bits per heavy atom. The van der Waals surface area contributed by atoms with E-state index >= 15 is 0 Å². The van der Waals surface area contributed by atoms with Crippen LogP contribution in [0.2, 0.25) is 5.02 Å². The Balaban J connectivity index is 1.79. The Kier molecular flexibility index (Phi) is 4.87. The van der Waals surface area contributed by atoms with Gasteiger partial charge in [-0.15, -0.1) is 0 Å². The Morgan fingerprint density at radius 3 is 3.06 bits per heavy atom. The molecule has 0 radical (unpaired) electrons. The van der Waals surface area contributed by atoms with E-state index in [0.717, 1.165) is 38.1 Å². The van der Waals surface area contributed by atoms with E-state index in [0.29, 0.717) is 17.0 Å². The third-order valence-corrected chi connectivity index (χ3v) is 3.80. The summed E-state index contributed by atoms with van der Waals surface area (Å²) in [5, 5.41) is 13.2. The second-order valence-corrected chi connectivity index (χ2v) is 5.19. The molecule has 0 aliphatic carbocycles. The molecular formula is C14H20ClNO2. The summed E-state index contributed by atoms with van der Waals surface area (Å²) in [6, 6.07) is 5.32. The van der Waals surface area contributed by atoms with Crippen molar-refractivity contribution < 1.29 is 9.84 Å². The summed E-state index contributed by atoms with van der Waals surface area (Å²) in [4.78, 5) is 0. The number of benzene rings is 1. The maximum absolute atomic E-state index is 9.34. The molecule has 1 saturated heterocycles. The van der Waals surface area contributed by atoms with Crippen molar-refractivity contribution >= 4 is 11.6 Å². The van der Waals surface area contributed by atoms with E-state index in [1.54, 1.807) is 12.1 Å². The van der Waals surface area contributed by atoms with E-state index in [1.807, 2.05) is 6.07 Å². The van der Waals surface area contributed by atoms with E-state index < -0.39 is 0 Å². The standard InChI is InChI=1S/C14H20ClNO2/c1-2-14-11(5-6-18-14)9-16-8-10-3-4-13(17)12(15)7-10/h3-4,7,11,14,16-17H,2,5-6,8-9H2,1H3. The van der Waals surface area contributed by atoms with Gasteiger partial charge in [-0.05, 0) is 36.5 Å². The number of phenolic OH excluding ortho intramolecular Hbond substituents is 1. The van der Waals surface area contributed by atoms with Crippen LogP contribution in [0.25, 0.3) is 0 Å². The molecule has 2 rings (SSSR count). The van der Waals surface area contributed by atoms with Gasteiger partial charge in [0.25, 0.3) is 0 Å². The predicted octanol–water partition coefficient (Wildman–Crippen LogP) is 2.95. The molecule has 1 fully saturated rings. The molecule has 4 heteroatoms. The molecule has 2 atom stereocenters. The molecule has 1 heterocycles. The first kappa shape index (κ1) is 13.7. The number of aromatic hydroxyl groups is 1. The monoisotopic (exact) mass is 269 g/mol. The Morgan fingerprint density at radius 2 is 2.33 bits per heavy atom. The number of nitrogens with one attached hydrogen (secondary N) is 1. The van der Waals surface area contributed by atoms with Gasteiger partial charge in [-0.2, -0.15) is 0 Å². The molecule has 2 N–H and O–H groups in total. The molecule has 1 aromatic carbocycles. The lowest BCUT2D eigenvalue weighted by Crippen LogP contribution is -2.27. The lowest BCUT2D eigenvalue weighted by molar-refractivity contribution is 0.0872. The first-order valence-electron chi connectivity index (χ1n) is 6.50. The Bertz CT molecular complexity index is 397. The number of hydrogen-bond acceptors (Lipinski definition) is 3. The largest absolute Gasteiger partial charge is 0.506 e. The predicted molar refractivity (Wildman–Crippen MR) is 73.0 cm³/mol. The van der Waals surface area contributed by atoms with Crippen LogP contribution in [0.15, 0.2) is 18.2 Å². The van der Waals surface area contributed by atoms with Crippen LogP contribution in [0.1, 0.15) is 25.3 Å². The van der Waals surface area contributed by atoms with Gasteiger partial charge in [-0.25, -0.2) is 0 Å². The van der Waals surface area contributed by atoms with Gasteiger partial charge in [-0.3, -0.25) is 0 Å². The van der Waals surface area contributed by atoms with Crippen LogP contribution >= 0.6 is 11.6 Å². The molecule has 18 heavy (non-hydrogen) atoms. The minimum atomic E-state index is 0.135. The van der Waals surface area contributed by atoms with Crippen molar-refractivity contribution in [3.63, 3.8) is 0 Å². The summed E-state index contributed by atoms with van der Waals surface area (Å²) < 4.78 is 5.66. The highest BCUT2D eigenvalue weighted by molar-refractivity contribution is 6.32. The molecule has 0 bridgehead atoms. The summed E-state index contributed by atoms with van der Waals surface area (Å²) in [5.41, 5.74) is 1.09. The molecule has 0 aromatic heterocycles. The minimum Gasteiger partial charge on any atom is -0.506 e. The molecule has 2 unspecified atom stereocenters. The first-order valence-corrected chi connectivity index (χ1v) is 6.88. The quantitative estimate of drug-likeness (QED) is 0.864. The summed E-state index contributed by atoms with van der Waals surface area (Å²) in [6.07, 6.45) is 2.63. The number of phenols is 1. The van der Waals surface area contributed by atoms with Crippen molar-refractivity contribution in [1.29, 1.82) is 0 Å². The smallest absolute Gasteiger partial charge is 0.134 e. The average Bonchev–Trinajstić information content (AvgIpc) is 2.81. The number of halogens is 1. The van der Waals surface area contributed by atoms with E-state index in [9.17, 15) is 5.11 Å². The number of ether oxygens (including phenoxy) is 1. The van der Waals surface area contributed by atoms with Gasteiger partial charge >= 0.3 is 0 Å².